The van der Waals surface area contributed by atoms with Gasteiger partial charge in [0, 0.05) is 17.7 Å². The highest BCUT2D eigenvalue weighted by Gasteiger charge is 2.34. The van der Waals surface area contributed by atoms with Crippen molar-refractivity contribution < 1.29 is 13.8 Å². The molecule has 0 radical (unpaired) electrons. The lowest BCUT2D eigenvalue weighted by Crippen LogP contribution is -2.32. The smallest absolute Gasteiger partial charge is 0.249 e. The molecule has 1 saturated heterocycles. The molecule has 0 aliphatic carbocycles. The van der Waals surface area contributed by atoms with Gasteiger partial charge in [0.15, 0.2) is 0 Å². The fourth-order valence-corrected chi connectivity index (χ4v) is 3.40. The summed E-state index contributed by atoms with van der Waals surface area (Å²) in [5.41, 5.74) is 2.51. The molecule has 7 nitrogen and oxygen atoms in total. The van der Waals surface area contributed by atoms with Gasteiger partial charge in [-0.05, 0) is 26.7 Å². The summed E-state index contributed by atoms with van der Waals surface area (Å²) < 4.78 is 10.6. The average Bonchev–Trinajstić information content (AvgIpc) is 3.38. The first kappa shape index (κ1) is 16.5. The van der Waals surface area contributed by atoms with Crippen LogP contribution in [-0.2, 0) is 11.2 Å². The summed E-state index contributed by atoms with van der Waals surface area (Å²) in [6.07, 6.45) is 2.02. The van der Waals surface area contributed by atoms with Crippen molar-refractivity contribution in [2.75, 3.05) is 6.54 Å². The van der Waals surface area contributed by atoms with Crippen molar-refractivity contribution in [3.05, 3.63) is 53.2 Å². The quantitative estimate of drug-likeness (QED) is 0.716. The van der Waals surface area contributed by atoms with E-state index in [0.29, 0.717) is 24.0 Å². The fraction of sp³-hybridized carbons (Fsp3) is 0.368. The Morgan fingerprint density at radius 2 is 2.00 bits per heavy atom. The molecule has 1 unspecified atom stereocenters. The van der Waals surface area contributed by atoms with Gasteiger partial charge in [0.05, 0.1) is 12.1 Å². The van der Waals surface area contributed by atoms with Gasteiger partial charge < -0.3 is 13.9 Å². The molecule has 3 heterocycles. The van der Waals surface area contributed by atoms with Gasteiger partial charge in [0.25, 0.3) is 0 Å². The minimum atomic E-state index is -0.173. The van der Waals surface area contributed by atoms with Crippen LogP contribution in [0.5, 0.6) is 0 Å². The minimum Gasteiger partial charge on any atom is -0.361 e. The molecular formula is C19H20N4O3. The second kappa shape index (κ2) is 6.74. The molecule has 0 saturated carbocycles. The number of aryl methyl sites for hydroxylation is 2. The van der Waals surface area contributed by atoms with Gasteiger partial charge in [0.1, 0.15) is 11.8 Å². The predicted molar refractivity (Wildman–Crippen MR) is 93.1 cm³/mol. The van der Waals surface area contributed by atoms with Crippen LogP contribution in [0.1, 0.15) is 41.8 Å². The molecule has 3 aromatic rings. The van der Waals surface area contributed by atoms with Gasteiger partial charge >= 0.3 is 0 Å². The van der Waals surface area contributed by atoms with Crippen molar-refractivity contribution in [3.8, 4) is 11.4 Å². The van der Waals surface area contributed by atoms with E-state index in [1.807, 2.05) is 49.1 Å². The number of nitrogens with zero attached hydrogens (tertiary/aromatic N) is 4. The zero-order valence-corrected chi connectivity index (χ0v) is 14.8. The van der Waals surface area contributed by atoms with Crippen molar-refractivity contribution in [2.45, 2.75) is 39.2 Å². The Hall–Kier alpha value is -2.96. The number of carbonyl (C=O) groups is 1. The fourth-order valence-electron chi connectivity index (χ4n) is 3.40. The third-order valence-corrected chi connectivity index (χ3v) is 4.84. The highest BCUT2D eigenvalue weighted by atomic mass is 16.5. The molecule has 1 aromatic carbocycles. The van der Waals surface area contributed by atoms with Gasteiger partial charge in [-0.3, -0.25) is 4.79 Å². The largest absolute Gasteiger partial charge is 0.361 e. The Bertz CT molecular complexity index is 897. The first-order valence-corrected chi connectivity index (χ1v) is 8.73. The summed E-state index contributed by atoms with van der Waals surface area (Å²) in [5, 5.41) is 8.00. The number of aromatic nitrogens is 3. The van der Waals surface area contributed by atoms with Crippen LogP contribution in [0.15, 0.2) is 39.4 Å². The van der Waals surface area contributed by atoms with Crippen molar-refractivity contribution in [1.29, 1.82) is 0 Å². The molecule has 1 atom stereocenters. The summed E-state index contributed by atoms with van der Waals surface area (Å²) in [6.45, 7) is 4.37. The Morgan fingerprint density at radius 3 is 2.73 bits per heavy atom. The van der Waals surface area contributed by atoms with Crippen LogP contribution >= 0.6 is 0 Å². The van der Waals surface area contributed by atoms with Crippen molar-refractivity contribution >= 4 is 5.91 Å². The Kier molecular flexibility index (Phi) is 4.28. The second-order valence-corrected chi connectivity index (χ2v) is 6.55. The molecule has 26 heavy (non-hydrogen) atoms. The molecule has 0 bridgehead atoms. The SMILES string of the molecule is Cc1noc(C)c1CC(=O)N1CCCC1c1nc(-c2ccccc2)no1. The Balaban J connectivity index is 1.53. The number of carbonyl (C=O) groups excluding carboxylic acids is 1. The first-order valence-electron chi connectivity index (χ1n) is 8.73. The monoisotopic (exact) mass is 352 g/mol. The normalized spacial score (nSPS) is 17.0. The number of hydrogen-bond acceptors (Lipinski definition) is 6. The molecule has 0 spiro atoms. The average molecular weight is 352 g/mol. The summed E-state index contributed by atoms with van der Waals surface area (Å²) in [5.74, 6) is 1.76. The molecule has 1 amide bonds. The Labute approximate surface area is 151 Å². The molecule has 1 aliphatic heterocycles. The summed E-state index contributed by atoms with van der Waals surface area (Å²) >= 11 is 0. The highest BCUT2D eigenvalue weighted by Crippen LogP contribution is 2.32. The van der Waals surface area contributed by atoms with E-state index in [1.165, 1.54) is 0 Å². The van der Waals surface area contributed by atoms with Crippen molar-refractivity contribution in [1.82, 2.24) is 20.2 Å². The second-order valence-electron chi connectivity index (χ2n) is 6.55. The minimum absolute atomic E-state index is 0.0290. The number of rotatable bonds is 4. The zero-order chi connectivity index (χ0) is 18.1. The maximum atomic E-state index is 12.8. The van der Waals surface area contributed by atoms with Gasteiger partial charge in [0.2, 0.25) is 17.6 Å². The van der Waals surface area contributed by atoms with Crippen LogP contribution in [-0.4, -0.2) is 32.6 Å². The van der Waals surface area contributed by atoms with E-state index in [0.717, 1.165) is 29.7 Å². The number of benzene rings is 1. The van der Waals surface area contributed by atoms with E-state index in [4.69, 9.17) is 9.05 Å². The lowest BCUT2D eigenvalue weighted by atomic mass is 10.1. The first-order chi connectivity index (χ1) is 12.6. The number of likely N-dealkylation sites (tertiary alicyclic amines) is 1. The molecule has 1 fully saturated rings. The molecule has 134 valence electrons. The summed E-state index contributed by atoms with van der Waals surface area (Å²) in [4.78, 5) is 19.2. The van der Waals surface area contributed by atoms with E-state index in [9.17, 15) is 4.79 Å². The molecule has 2 aromatic heterocycles. The van der Waals surface area contributed by atoms with E-state index in [1.54, 1.807) is 0 Å². The number of hydrogen-bond donors (Lipinski definition) is 0. The van der Waals surface area contributed by atoms with Crippen molar-refractivity contribution in [3.63, 3.8) is 0 Å². The number of amides is 1. The van der Waals surface area contributed by atoms with Crippen LogP contribution in [0.3, 0.4) is 0 Å². The third kappa shape index (κ3) is 3.00. The zero-order valence-electron chi connectivity index (χ0n) is 14.8. The summed E-state index contributed by atoms with van der Waals surface area (Å²) in [7, 11) is 0. The van der Waals surface area contributed by atoms with Crippen LogP contribution in [0.4, 0.5) is 0 Å². The lowest BCUT2D eigenvalue weighted by Gasteiger charge is -2.21. The lowest BCUT2D eigenvalue weighted by molar-refractivity contribution is -0.131. The van der Waals surface area contributed by atoms with Crippen molar-refractivity contribution in [2.24, 2.45) is 0 Å². The van der Waals surface area contributed by atoms with Crippen LogP contribution in [0.25, 0.3) is 11.4 Å². The van der Waals surface area contributed by atoms with Gasteiger partial charge in [-0.25, -0.2) is 0 Å². The van der Waals surface area contributed by atoms with Gasteiger partial charge in [-0.15, -0.1) is 0 Å². The molecule has 0 N–H and O–H groups in total. The van der Waals surface area contributed by atoms with Crippen LogP contribution in [0, 0.1) is 13.8 Å². The predicted octanol–water partition coefficient (Wildman–Crippen LogP) is 3.25. The standard InChI is InChI=1S/C19H20N4O3/c1-12-15(13(2)25-21-12)11-17(24)23-10-6-9-16(23)19-20-18(22-26-19)14-7-4-3-5-8-14/h3-5,7-8,16H,6,9-11H2,1-2H3. The van der Waals surface area contributed by atoms with E-state index in [-0.39, 0.29) is 18.4 Å². The van der Waals surface area contributed by atoms with Crippen LogP contribution < -0.4 is 0 Å². The van der Waals surface area contributed by atoms with E-state index >= 15 is 0 Å². The maximum absolute atomic E-state index is 12.8. The molecule has 1 aliphatic rings. The molecule has 7 heteroatoms. The highest BCUT2D eigenvalue weighted by molar-refractivity contribution is 5.80. The molecular weight excluding hydrogens is 332 g/mol. The van der Waals surface area contributed by atoms with E-state index < -0.39 is 0 Å². The van der Waals surface area contributed by atoms with Crippen LogP contribution in [0.2, 0.25) is 0 Å². The maximum Gasteiger partial charge on any atom is 0.249 e. The van der Waals surface area contributed by atoms with E-state index in [2.05, 4.69) is 15.3 Å². The topological polar surface area (TPSA) is 85.3 Å². The third-order valence-electron chi connectivity index (χ3n) is 4.84. The van der Waals surface area contributed by atoms with Gasteiger partial charge in [-0.2, -0.15) is 4.98 Å². The van der Waals surface area contributed by atoms with Gasteiger partial charge in [-0.1, -0.05) is 40.6 Å². The molecule has 4 rings (SSSR count). The summed E-state index contributed by atoms with van der Waals surface area (Å²) in [6, 6.07) is 9.50. The Morgan fingerprint density at radius 1 is 1.19 bits per heavy atom.